The summed E-state index contributed by atoms with van der Waals surface area (Å²) in [6.07, 6.45) is 9.59. The molecule has 0 radical (unpaired) electrons. The lowest BCUT2D eigenvalue weighted by Gasteiger charge is -2.01. The second kappa shape index (κ2) is 2.62. The van der Waals surface area contributed by atoms with Crippen LogP contribution in [0.1, 0.15) is 0 Å². The van der Waals surface area contributed by atoms with Crippen molar-refractivity contribution in [3.8, 4) is 0 Å². The fourth-order valence-electron chi connectivity index (χ4n) is 1.02. The van der Waals surface area contributed by atoms with Gasteiger partial charge in [0.25, 0.3) is 0 Å². The lowest BCUT2D eigenvalue weighted by atomic mass is 10.7. The van der Waals surface area contributed by atoms with Gasteiger partial charge < -0.3 is 9.13 Å². The number of hydrogen-bond donors (Lipinski definition) is 0. The predicted octanol–water partition coefficient (Wildman–Crippen LogP) is 1.19. The van der Waals surface area contributed by atoms with E-state index in [1.165, 1.54) is 0 Å². The number of nitrogens with zero attached hydrogens (tertiary/aromatic N) is 3. The van der Waals surface area contributed by atoms with Crippen molar-refractivity contribution in [2.45, 2.75) is 6.67 Å². The third-order valence-electron chi connectivity index (χ3n) is 1.55. The minimum absolute atomic E-state index is 0.840. The van der Waals surface area contributed by atoms with Gasteiger partial charge in [0.1, 0.15) is 0 Å². The molecule has 2 rings (SSSR count). The third-order valence-corrected chi connectivity index (χ3v) is 1.55. The maximum atomic E-state index is 3.95. The van der Waals surface area contributed by atoms with Crippen molar-refractivity contribution in [3.05, 3.63) is 43.2 Å². The molecule has 0 amide bonds. The van der Waals surface area contributed by atoms with E-state index in [2.05, 4.69) is 9.55 Å². The van der Waals surface area contributed by atoms with Crippen LogP contribution in [0.25, 0.3) is 0 Å². The summed E-state index contributed by atoms with van der Waals surface area (Å²) in [6.45, 7) is 0.840. The first-order chi connectivity index (χ1) is 5.45. The zero-order chi connectivity index (χ0) is 7.52. The van der Waals surface area contributed by atoms with Crippen LogP contribution in [0.3, 0.4) is 0 Å². The van der Waals surface area contributed by atoms with E-state index in [0.717, 1.165) is 6.67 Å². The second-order valence-corrected chi connectivity index (χ2v) is 2.42. The van der Waals surface area contributed by atoms with Crippen LogP contribution in [0.5, 0.6) is 0 Å². The molecule has 0 N–H and O–H groups in total. The summed E-state index contributed by atoms with van der Waals surface area (Å²) in [7, 11) is 0. The molecule has 0 aliphatic carbocycles. The lowest BCUT2D eigenvalue weighted by Crippen LogP contribution is -2.02. The first-order valence-electron chi connectivity index (χ1n) is 3.51. The second-order valence-electron chi connectivity index (χ2n) is 2.42. The Bertz CT molecular complexity index is 262. The Morgan fingerprint density at radius 2 is 1.82 bits per heavy atom. The molecule has 0 unspecified atom stereocenters. The largest absolute Gasteiger partial charge is 0.336 e. The van der Waals surface area contributed by atoms with Gasteiger partial charge in [-0.15, -0.1) is 0 Å². The van der Waals surface area contributed by atoms with Crippen LogP contribution >= 0.6 is 0 Å². The van der Waals surface area contributed by atoms with Crippen molar-refractivity contribution in [2.24, 2.45) is 0 Å². The monoisotopic (exact) mass is 147 g/mol. The maximum Gasteiger partial charge on any atom is 0.0991 e. The topological polar surface area (TPSA) is 22.8 Å². The van der Waals surface area contributed by atoms with Gasteiger partial charge in [0.05, 0.1) is 13.0 Å². The Morgan fingerprint density at radius 1 is 1.00 bits per heavy atom. The molecule has 0 fully saturated rings. The Kier molecular flexibility index (Phi) is 1.48. The number of hydrogen-bond acceptors (Lipinski definition) is 1. The van der Waals surface area contributed by atoms with Crippen LogP contribution in [-0.4, -0.2) is 14.1 Å². The molecule has 0 spiro atoms. The van der Waals surface area contributed by atoms with Crippen LogP contribution in [0, 0.1) is 0 Å². The highest BCUT2D eigenvalue weighted by atomic mass is 15.2. The molecular weight excluding hydrogens is 138 g/mol. The van der Waals surface area contributed by atoms with Crippen LogP contribution < -0.4 is 0 Å². The standard InChI is InChI=1S/C8H9N3/c1-2-5-10(4-1)8-11-6-3-9-7-11/h1-7H,8H2. The summed E-state index contributed by atoms with van der Waals surface area (Å²) in [4.78, 5) is 3.95. The Balaban J connectivity index is 2.14. The van der Waals surface area contributed by atoms with E-state index in [0.29, 0.717) is 0 Å². The highest BCUT2D eigenvalue weighted by molar-refractivity contribution is 4.90. The molecule has 0 saturated carbocycles. The molecule has 2 aromatic heterocycles. The molecule has 3 nitrogen and oxygen atoms in total. The SMILES string of the molecule is c1ccn(Cn2ccnc2)c1. The van der Waals surface area contributed by atoms with Crippen LogP contribution in [-0.2, 0) is 6.67 Å². The Hall–Kier alpha value is -1.51. The summed E-state index contributed by atoms with van der Waals surface area (Å²) < 4.78 is 4.10. The van der Waals surface area contributed by atoms with E-state index in [4.69, 9.17) is 0 Å². The summed E-state index contributed by atoms with van der Waals surface area (Å²) >= 11 is 0. The molecule has 0 saturated heterocycles. The quantitative estimate of drug-likeness (QED) is 0.625. The van der Waals surface area contributed by atoms with Gasteiger partial charge in [-0.2, -0.15) is 0 Å². The molecule has 2 heterocycles. The van der Waals surface area contributed by atoms with Crippen LogP contribution in [0.15, 0.2) is 43.2 Å². The summed E-state index contributed by atoms with van der Waals surface area (Å²) in [6, 6.07) is 4.02. The minimum Gasteiger partial charge on any atom is -0.336 e. The lowest BCUT2D eigenvalue weighted by molar-refractivity contribution is 0.610. The fraction of sp³-hybridized carbons (Fsp3) is 0.125. The van der Waals surface area contributed by atoms with E-state index in [1.807, 2.05) is 35.3 Å². The van der Waals surface area contributed by atoms with E-state index in [1.54, 1.807) is 12.5 Å². The molecule has 0 atom stereocenters. The smallest absolute Gasteiger partial charge is 0.0991 e. The van der Waals surface area contributed by atoms with Crippen molar-refractivity contribution < 1.29 is 0 Å². The van der Waals surface area contributed by atoms with E-state index >= 15 is 0 Å². The van der Waals surface area contributed by atoms with Crippen molar-refractivity contribution in [2.75, 3.05) is 0 Å². The highest BCUT2D eigenvalue weighted by Crippen LogP contribution is 1.92. The first-order valence-corrected chi connectivity index (χ1v) is 3.51. The normalized spacial score (nSPS) is 10.2. The predicted molar refractivity (Wildman–Crippen MR) is 42.1 cm³/mol. The van der Waals surface area contributed by atoms with Gasteiger partial charge in [-0.1, -0.05) is 0 Å². The number of aromatic nitrogens is 3. The van der Waals surface area contributed by atoms with Crippen molar-refractivity contribution in [1.82, 2.24) is 14.1 Å². The van der Waals surface area contributed by atoms with Gasteiger partial charge in [-0.05, 0) is 12.1 Å². The van der Waals surface area contributed by atoms with Gasteiger partial charge >= 0.3 is 0 Å². The highest BCUT2D eigenvalue weighted by Gasteiger charge is 1.88. The maximum absolute atomic E-state index is 3.95. The van der Waals surface area contributed by atoms with Gasteiger partial charge in [0.15, 0.2) is 0 Å². The molecule has 0 aliphatic rings. The van der Waals surface area contributed by atoms with E-state index < -0.39 is 0 Å². The summed E-state index contributed by atoms with van der Waals surface area (Å²) in [5, 5.41) is 0. The minimum atomic E-state index is 0.840. The number of imidazole rings is 1. The molecule has 0 aliphatic heterocycles. The van der Waals surface area contributed by atoms with Gasteiger partial charge in [-0.3, -0.25) is 0 Å². The van der Waals surface area contributed by atoms with Crippen molar-refractivity contribution in [1.29, 1.82) is 0 Å². The van der Waals surface area contributed by atoms with E-state index in [9.17, 15) is 0 Å². The average Bonchev–Trinajstić information content (AvgIpc) is 2.60. The molecule has 3 heteroatoms. The first kappa shape index (κ1) is 6.22. The van der Waals surface area contributed by atoms with Gasteiger partial charge in [0.2, 0.25) is 0 Å². The molecule has 0 aromatic carbocycles. The molecule has 56 valence electrons. The third kappa shape index (κ3) is 1.32. The molecule has 0 bridgehead atoms. The van der Waals surface area contributed by atoms with Gasteiger partial charge in [-0.25, -0.2) is 4.98 Å². The fourth-order valence-corrected chi connectivity index (χ4v) is 1.02. The molecule has 11 heavy (non-hydrogen) atoms. The zero-order valence-corrected chi connectivity index (χ0v) is 6.09. The average molecular weight is 147 g/mol. The molecular formula is C8H9N3. The molecule has 2 aromatic rings. The van der Waals surface area contributed by atoms with Crippen molar-refractivity contribution >= 4 is 0 Å². The number of rotatable bonds is 2. The summed E-state index contributed by atoms with van der Waals surface area (Å²) in [5.74, 6) is 0. The summed E-state index contributed by atoms with van der Waals surface area (Å²) in [5.41, 5.74) is 0. The zero-order valence-electron chi connectivity index (χ0n) is 6.09. The Morgan fingerprint density at radius 3 is 2.45 bits per heavy atom. The van der Waals surface area contributed by atoms with Crippen LogP contribution in [0.4, 0.5) is 0 Å². The van der Waals surface area contributed by atoms with E-state index in [-0.39, 0.29) is 0 Å². The van der Waals surface area contributed by atoms with Gasteiger partial charge in [0, 0.05) is 24.8 Å². The van der Waals surface area contributed by atoms with Crippen molar-refractivity contribution in [3.63, 3.8) is 0 Å². The van der Waals surface area contributed by atoms with Crippen LogP contribution in [0.2, 0.25) is 0 Å². The Labute approximate surface area is 64.9 Å².